The first-order valence-electron chi connectivity index (χ1n) is 7.28. The summed E-state index contributed by atoms with van der Waals surface area (Å²) in [5.74, 6) is 1.59. The van der Waals surface area contributed by atoms with E-state index in [2.05, 4.69) is 59.9 Å². The van der Waals surface area contributed by atoms with Gasteiger partial charge in [-0.15, -0.1) is 0 Å². The van der Waals surface area contributed by atoms with Crippen molar-refractivity contribution in [2.45, 2.75) is 18.9 Å². The van der Waals surface area contributed by atoms with Crippen LogP contribution in [0.3, 0.4) is 0 Å². The van der Waals surface area contributed by atoms with Crippen LogP contribution in [0.1, 0.15) is 23.6 Å². The molecule has 1 aliphatic heterocycles. The Morgan fingerprint density at radius 2 is 1.80 bits per heavy atom. The summed E-state index contributed by atoms with van der Waals surface area (Å²) in [5.41, 5.74) is 2.80. The molecule has 1 aliphatic rings. The van der Waals surface area contributed by atoms with Crippen molar-refractivity contribution in [1.82, 2.24) is 5.32 Å². The van der Waals surface area contributed by atoms with E-state index in [1.807, 2.05) is 0 Å². The van der Waals surface area contributed by atoms with E-state index >= 15 is 0 Å². The van der Waals surface area contributed by atoms with Crippen LogP contribution in [0.15, 0.2) is 54.6 Å². The fraction of sp³-hybridized carbons (Fsp3) is 0.333. The molecule has 0 saturated carbocycles. The quantitative estimate of drug-likeness (QED) is 0.914. The lowest BCUT2D eigenvalue weighted by molar-refractivity contribution is 0.413. The van der Waals surface area contributed by atoms with E-state index in [0.29, 0.717) is 12.0 Å². The standard InChI is InChI=1S/C18H21NO/c1-20-17-9-7-15(8-10-17)18-16(11-12-19-18)13-14-5-3-2-4-6-14/h2-10,16,18-19H,11-13H2,1H3. The third kappa shape index (κ3) is 2.86. The lowest BCUT2D eigenvalue weighted by atomic mass is 9.88. The second-order valence-corrected chi connectivity index (χ2v) is 5.44. The maximum Gasteiger partial charge on any atom is 0.118 e. The zero-order valence-corrected chi connectivity index (χ0v) is 11.9. The summed E-state index contributed by atoms with van der Waals surface area (Å²) in [6.45, 7) is 1.11. The Bertz CT molecular complexity index is 535. The van der Waals surface area contributed by atoms with E-state index in [1.165, 1.54) is 17.5 Å². The Hall–Kier alpha value is -1.80. The van der Waals surface area contributed by atoms with E-state index in [0.717, 1.165) is 18.7 Å². The summed E-state index contributed by atoms with van der Waals surface area (Å²) < 4.78 is 5.23. The first kappa shape index (κ1) is 13.2. The average Bonchev–Trinajstić information content (AvgIpc) is 2.96. The average molecular weight is 267 g/mol. The topological polar surface area (TPSA) is 21.3 Å². The van der Waals surface area contributed by atoms with Crippen molar-refractivity contribution in [3.8, 4) is 5.75 Å². The van der Waals surface area contributed by atoms with Crippen molar-refractivity contribution in [3.05, 3.63) is 65.7 Å². The summed E-state index contributed by atoms with van der Waals surface area (Å²) in [5, 5.41) is 3.64. The molecule has 2 aromatic rings. The van der Waals surface area contributed by atoms with Crippen LogP contribution in [0.5, 0.6) is 5.75 Å². The largest absolute Gasteiger partial charge is 0.497 e. The highest BCUT2D eigenvalue weighted by Crippen LogP contribution is 2.32. The number of hydrogen-bond acceptors (Lipinski definition) is 2. The van der Waals surface area contributed by atoms with Gasteiger partial charge in [-0.1, -0.05) is 42.5 Å². The molecule has 2 nitrogen and oxygen atoms in total. The third-order valence-electron chi connectivity index (χ3n) is 4.17. The van der Waals surface area contributed by atoms with Crippen molar-refractivity contribution in [3.63, 3.8) is 0 Å². The summed E-state index contributed by atoms with van der Waals surface area (Å²) in [6, 6.07) is 19.7. The van der Waals surface area contributed by atoms with Gasteiger partial charge in [-0.3, -0.25) is 0 Å². The van der Waals surface area contributed by atoms with Crippen LogP contribution in [-0.2, 0) is 6.42 Å². The fourth-order valence-electron chi connectivity index (χ4n) is 3.10. The van der Waals surface area contributed by atoms with E-state index in [4.69, 9.17) is 4.74 Å². The molecule has 1 heterocycles. The number of nitrogens with one attached hydrogen (secondary N) is 1. The minimum absolute atomic E-state index is 0.459. The van der Waals surface area contributed by atoms with Gasteiger partial charge in [-0.05, 0) is 48.6 Å². The highest BCUT2D eigenvalue weighted by atomic mass is 16.5. The number of benzene rings is 2. The van der Waals surface area contributed by atoms with E-state index < -0.39 is 0 Å². The van der Waals surface area contributed by atoms with Crippen LogP contribution >= 0.6 is 0 Å². The summed E-state index contributed by atoms with van der Waals surface area (Å²) in [7, 11) is 1.71. The van der Waals surface area contributed by atoms with Gasteiger partial charge in [-0.2, -0.15) is 0 Å². The number of ether oxygens (including phenoxy) is 1. The molecule has 0 amide bonds. The summed E-state index contributed by atoms with van der Waals surface area (Å²) in [6.07, 6.45) is 2.39. The maximum atomic E-state index is 5.23. The van der Waals surface area contributed by atoms with Crippen molar-refractivity contribution < 1.29 is 4.74 Å². The minimum Gasteiger partial charge on any atom is -0.497 e. The number of rotatable bonds is 4. The first-order valence-corrected chi connectivity index (χ1v) is 7.28. The van der Waals surface area contributed by atoms with E-state index in [-0.39, 0.29) is 0 Å². The molecular weight excluding hydrogens is 246 g/mol. The normalized spacial score (nSPS) is 21.9. The van der Waals surface area contributed by atoms with Gasteiger partial charge in [-0.25, -0.2) is 0 Å². The fourth-order valence-corrected chi connectivity index (χ4v) is 3.10. The van der Waals surface area contributed by atoms with E-state index in [9.17, 15) is 0 Å². The number of methoxy groups -OCH3 is 1. The molecule has 1 fully saturated rings. The van der Waals surface area contributed by atoms with Crippen molar-refractivity contribution in [1.29, 1.82) is 0 Å². The van der Waals surface area contributed by atoms with E-state index in [1.54, 1.807) is 7.11 Å². The van der Waals surface area contributed by atoms with Crippen molar-refractivity contribution in [2.75, 3.05) is 13.7 Å². The second kappa shape index (κ2) is 6.10. The van der Waals surface area contributed by atoms with Crippen LogP contribution in [0, 0.1) is 5.92 Å². The zero-order chi connectivity index (χ0) is 13.8. The molecule has 0 radical (unpaired) electrons. The molecule has 1 saturated heterocycles. The van der Waals surface area contributed by atoms with Crippen LogP contribution in [-0.4, -0.2) is 13.7 Å². The molecule has 0 spiro atoms. The van der Waals surface area contributed by atoms with Crippen molar-refractivity contribution in [2.24, 2.45) is 5.92 Å². The molecule has 3 rings (SSSR count). The second-order valence-electron chi connectivity index (χ2n) is 5.44. The van der Waals surface area contributed by atoms with Gasteiger partial charge in [0, 0.05) is 6.04 Å². The predicted molar refractivity (Wildman–Crippen MR) is 82.0 cm³/mol. The Morgan fingerprint density at radius 3 is 2.50 bits per heavy atom. The Labute approximate surface area is 120 Å². The number of hydrogen-bond donors (Lipinski definition) is 1. The lowest BCUT2D eigenvalue weighted by Crippen LogP contribution is -2.19. The van der Waals surface area contributed by atoms with Gasteiger partial charge < -0.3 is 10.1 Å². The maximum absolute atomic E-state index is 5.23. The van der Waals surface area contributed by atoms with Crippen LogP contribution in [0.2, 0.25) is 0 Å². The first-order chi connectivity index (χ1) is 9.86. The molecule has 2 atom stereocenters. The molecule has 0 bridgehead atoms. The van der Waals surface area contributed by atoms with Gasteiger partial charge in [0.2, 0.25) is 0 Å². The SMILES string of the molecule is COc1ccc(C2NCCC2Cc2ccccc2)cc1. The molecular formula is C18H21NO. The molecule has 1 N–H and O–H groups in total. The van der Waals surface area contributed by atoms with Crippen LogP contribution in [0.4, 0.5) is 0 Å². The predicted octanol–water partition coefficient (Wildman–Crippen LogP) is 3.59. The van der Waals surface area contributed by atoms with Gasteiger partial charge in [0.1, 0.15) is 5.75 Å². The molecule has 104 valence electrons. The lowest BCUT2D eigenvalue weighted by Gasteiger charge is -2.20. The van der Waals surface area contributed by atoms with Gasteiger partial charge in [0.25, 0.3) is 0 Å². The third-order valence-corrected chi connectivity index (χ3v) is 4.17. The highest BCUT2D eigenvalue weighted by molar-refractivity contribution is 5.30. The Kier molecular flexibility index (Phi) is 4.03. The smallest absolute Gasteiger partial charge is 0.118 e. The zero-order valence-electron chi connectivity index (χ0n) is 11.9. The minimum atomic E-state index is 0.459. The summed E-state index contributed by atoms with van der Waals surface area (Å²) >= 11 is 0. The molecule has 2 aromatic carbocycles. The Balaban J connectivity index is 1.74. The van der Waals surface area contributed by atoms with Gasteiger partial charge in [0.05, 0.1) is 7.11 Å². The highest BCUT2D eigenvalue weighted by Gasteiger charge is 2.28. The van der Waals surface area contributed by atoms with Gasteiger partial charge >= 0.3 is 0 Å². The summed E-state index contributed by atoms with van der Waals surface area (Å²) in [4.78, 5) is 0. The Morgan fingerprint density at radius 1 is 1.05 bits per heavy atom. The molecule has 2 heteroatoms. The van der Waals surface area contributed by atoms with Crippen LogP contribution in [0.25, 0.3) is 0 Å². The molecule has 0 aromatic heterocycles. The molecule has 2 unspecified atom stereocenters. The molecule has 0 aliphatic carbocycles. The van der Waals surface area contributed by atoms with Crippen LogP contribution < -0.4 is 10.1 Å². The monoisotopic (exact) mass is 267 g/mol. The molecule has 20 heavy (non-hydrogen) atoms. The van der Waals surface area contributed by atoms with Gasteiger partial charge in [0.15, 0.2) is 0 Å². The van der Waals surface area contributed by atoms with Crippen molar-refractivity contribution >= 4 is 0 Å².